The summed E-state index contributed by atoms with van der Waals surface area (Å²) in [5, 5.41) is 3.23. The van der Waals surface area contributed by atoms with E-state index in [1.807, 2.05) is 24.3 Å². The van der Waals surface area contributed by atoms with Gasteiger partial charge in [0.1, 0.15) is 11.6 Å². The van der Waals surface area contributed by atoms with Gasteiger partial charge in [-0.25, -0.2) is 13.4 Å². The summed E-state index contributed by atoms with van der Waals surface area (Å²) >= 11 is 0. The Morgan fingerprint density at radius 1 is 1.00 bits per heavy atom. The summed E-state index contributed by atoms with van der Waals surface area (Å²) in [7, 11) is -1.98. The summed E-state index contributed by atoms with van der Waals surface area (Å²) < 4.78 is 33.0. The quantitative estimate of drug-likeness (QED) is 0.603. The fraction of sp³-hybridized carbons (Fsp3) is 0.190. The number of nitrogens with one attached hydrogen (secondary N) is 2. The molecule has 6 nitrogen and oxygen atoms in total. The van der Waals surface area contributed by atoms with Crippen LogP contribution in [0.3, 0.4) is 0 Å². The van der Waals surface area contributed by atoms with Gasteiger partial charge < -0.3 is 10.1 Å². The molecule has 1 heterocycles. The standard InChI is InChI=1S/C21H23N3O3S/c1-16-7-3-6-10-20(16)28(25,26)24-18-11-12-21(23-15-18)22-14-13-17-8-4-5-9-19(17)27-2/h3-12,15,24H,13-14H2,1-2H3,(H,22,23). The van der Waals surface area contributed by atoms with Gasteiger partial charge in [-0.2, -0.15) is 0 Å². The molecular formula is C21H23N3O3S. The van der Waals surface area contributed by atoms with Gasteiger partial charge in [0.15, 0.2) is 0 Å². The van der Waals surface area contributed by atoms with E-state index in [1.165, 1.54) is 6.20 Å². The van der Waals surface area contributed by atoms with E-state index in [-0.39, 0.29) is 4.90 Å². The summed E-state index contributed by atoms with van der Waals surface area (Å²) in [4.78, 5) is 4.54. The molecule has 0 aliphatic heterocycles. The molecule has 0 saturated heterocycles. The van der Waals surface area contributed by atoms with Crippen LogP contribution >= 0.6 is 0 Å². The number of anilines is 2. The molecule has 0 atom stereocenters. The molecule has 146 valence electrons. The summed E-state index contributed by atoms with van der Waals surface area (Å²) in [5.74, 6) is 1.53. The maximum absolute atomic E-state index is 12.5. The molecule has 3 rings (SSSR count). The average molecular weight is 398 g/mol. The lowest BCUT2D eigenvalue weighted by Gasteiger charge is -2.11. The Hall–Kier alpha value is -3.06. The van der Waals surface area contributed by atoms with Crippen molar-refractivity contribution < 1.29 is 13.2 Å². The van der Waals surface area contributed by atoms with Gasteiger partial charge in [-0.3, -0.25) is 4.72 Å². The summed E-state index contributed by atoms with van der Waals surface area (Å²) in [6.07, 6.45) is 2.29. The van der Waals surface area contributed by atoms with Crippen molar-refractivity contribution in [2.75, 3.05) is 23.7 Å². The van der Waals surface area contributed by atoms with E-state index < -0.39 is 10.0 Å². The van der Waals surface area contributed by atoms with Gasteiger partial charge in [0.2, 0.25) is 0 Å². The van der Waals surface area contributed by atoms with E-state index in [4.69, 9.17) is 4.74 Å². The lowest BCUT2D eigenvalue weighted by atomic mass is 10.1. The molecule has 2 N–H and O–H groups in total. The van der Waals surface area contributed by atoms with Gasteiger partial charge in [-0.05, 0) is 48.7 Å². The molecule has 0 radical (unpaired) electrons. The molecule has 0 aliphatic carbocycles. The fourth-order valence-electron chi connectivity index (χ4n) is 2.86. The molecule has 28 heavy (non-hydrogen) atoms. The Morgan fingerprint density at radius 2 is 1.75 bits per heavy atom. The highest BCUT2D eigenvalue weighted by Gasteiger charge is 2.16. The smallest absolute Gasteiger partial charge is 0.262 e. The first-order chi connectivity index (χ1) is 13.5. The molecule has 0 spiro atoms. The van der Waals surface area contributed by atoms with Crippen molar-refractivity contribution in [2.45, 2.75) is 18.2 Å². The Kier molecular flexibility index (Phi) is 6.16. The van der Waals surface area contributed by atoms with Crippen molar-refractivity contribution >= 4 is 21.5 Å². The molecule has 3 aromatic rings. The van der Waals surface area contributed by atoms with Crippen LogP contribution in [0.25, 0.3) is 0 Å². The Morgan fingerprint density at radius 3 is 2.46 bits per heavy atom. The molecule has 0 aliphatic rings. The maximum atomic E-state index is 12.5. The molecule has 7 heteroatoms. The second kappa shape index (κ2) is 8.75. The summed E-state index contributed by atoms with van der Waals surface area (Å²) in [6.45, 7) is 2.45. The molecule has 2 aromatic carbocycles. The first-order valence-electron chi connectivity index (χ1n) is 8.90. The summed E-state index contributed by atoms with van der Waals surface area (Å²) in [5.41, 5.74) is 2.22. The van der Waals surface area contributed by atoms with E-state index in [0.717, 1.165) is 17.7 Å². The third-order valence-electron chi connectivity index (χ3n) is 4.29. The zero-order valence-electron chi connectivity index (χ0n) is 15.8. The number of aromatic nitrogens is 1. The van der Waals surface area contributed by atoms with Crippen LogP contribution in [0, 0.1) is 6.92 Å². The van der Waals surface area contributed by atoms with Crippen LogP contribution in [-0.4, -0.2) is 27.1 Å². The molecule has 0 fully saturated rings. The minimum atomic E-state index is -3.64. The number of rotatable bonds is 8. The number of para-hydroxylation sites is 1. The average Bonchev–Trinajstić information content (AvgIpc) is 2.69. The molecule has 0 saturated carbocycles. The second-order valence-electron chi connectivity index (χ2n) is 6.29. The number of hydrogen-bond acceptors (Lipinski definition) is 5. The van der Waals surface area contributed by atoms with Crippen molar-refractivity contribution in [1.82, 2.24) is 4.98 Å². The highest BCUT2D eigenvalue weighted by molar-refractivity contribution is 7.92. The van der Waals surface area contributed by atoms with Crippen LogP contribution in [-0.2, 0) is 16.4 Å². The number of hydrogen-bond donors (Lipinski definition) is 2. The van der Waals surface area contributed by atoms with Gasteiger partial charge in [-0.1, -0.05) is 36.4 Å². The van der Waals surface area contributed by atoms with Crippen molar-refractivity contribution in [2.24, 2.45) is 0 Å². The highest BCUT2D eigenvalue weighted by Crippen LogP contribution is 2.20. The van der Waals surface area contributed by atoms with E-state index in [1.54, 1.807) is 50.4 Å². The molecule has 0 bridgehead atoms. The predicted molar refractivity (Wildman–Crippen MR) is 111 cm³/mol. The number of methoxy groups -OCH3 is 1. The van der Waals surface area contributed by atoms with Crippen molar-refractivity contribution in [3.63, 3.8) is 0 Å². The van der Waals surface area contributed by atoms with Crippen molar-refractivity contribution in [1.29, 1.82) is 0 Å². The predicted octanol–water partition coefficient (Wildman–Crippen LogP) is 3.85. The fourth-order valence-corrected chi connectivity index (χ4v) is 4.15. The van der Waals surface area contributed by atoms with E-state index in [2.05, 4.69) is 15.0 Å². The van der Waals surface area contributed by atoms with Crippen LogP contribution < -0.4 is 14.8 Å². The van der Waals surface area contributed by atoms with Crippen molar-refractivity contribution in [3.8, 4) is 5.75 Å². The third kappa shape index (κ3) is 4.80. The number of pyridine rings is 1. The minimum Gasteiger partial charge on any atom is -0.496 e. The first-order valence-corrected chi connectivity index (χ1v) is 10.4. The van der Waals surface area contributed by atoms with Crippen LogP contribution in [0.2, 0.25) is 0 Å². The van der Waals surface area contributed by atoms with E-state index in [9.17, 15) is 8.42 Å². The molecule has 0 amide bonds. The second-order valence-corrected chi connectivity index (χ2v) is 7.94. The molecule has 1 aromatic heterocycles. The van der Waals surface area contributed by atoms with Gasteiger partial charge in [0, 0.05) is 6.54 Å². The van der Waals surface area contributed by atoms with Gasteiger partial charge in [-0.15, -0.1) is 0 Å². The van der Waals surface area contributed by atoms with Gasteiger partial charge >= 0.3 is 0 Å². The zero-order chi connectivity index (χ0) is 20.0. The summed E-state index contributed by atoms with van der Waals surface area (Å²) in [6, 6.07) is 18.2. The highest BCUT2D eigenvalue weighted by atomic mass is 32.2. The van der Waals surface area contributed by atoms with E-state index >= 15 is 0 Å². The van der Waals surface area contributed by atoms with Crippen LogP contribution in [0.4, 0.5) is 11.5 Å². The van der Waals surface area contributed by atoms with Crippen LogP contribution in [0.15, 0.2) is 71.8 Å². The first kappa shape index (κ1) is 19.7. The van der Waals surface area contributed by atoms with Gasteiger partial charge in [0.25, 0.3) is 10.0 Å². The minimum absolute atomic E-state index is 0.258. The molecule has 0 unspecified atom stereocenters. The van der Waals surface area contributed by atoms with Crippen LogP contribution in [0.5, 0.6) is 5.75 Å². The largest absolute Gasteiger partial charge is 0.496 e. The monoisotopic (exact) mass is 397 g/mol. The number of ether oxygens (including phenoxy) is 1. The topological polar surface area (TPSA) is 80.3 Å². The third-order valence-corrected chi connectivity index (χ3v) is 5.83. The van der Waals surface area contributed by atoms with Gasteiger partial charge in [0.05, 0.1) is 23.9 Å². The number of benzene rings is 2. The zero-order valence-corrected chi connectivity index (χ0v) is 16.7. The van der Waals surface area contributed by atoms with E-state index in [0.29, 0.717) is 23.6 Å². The van der Waals surface area contributed by atoms with Crippen molar-refractivity contribution in [3.05, 3.63) is 78.0 Å². The lowest BCUT2D eigenvalue weighted by molar-refractivity contribution is 0.410. The molecular weight excluding hydrogens is 374 g/mol. The number of sulfonamides is 1. The number of aryl methyl sites for hydroxylation is 1. The normalized spacial score (nSPS) is 11.1. The Bertz CT molecular complexity index is 1030. The SMILES string of the molecule is COc1ccccc1CCNc1ccc(NS(=O)(=O)c2ccccc2C)cn1. The Labute approximate surface area is 165 Å². The number of nitrogens with zero attached hydrogens (tertiary/aromatic N) is 1. The van der Waals surface area contributed by atoms with Crippen LogP contribution in [0.1, 0.15) is 11.1 Å². The lowest BCUT2D eigenvalue weighted by Crippen LogP contribution is -2.14. The Balaban J connectivity index is 1.60. The maximum Gasteiger partial charge on any atom is 0.262 e.